The van der Waals surface area contributed by atoms with Crippen molar-refractivity contribution in [2.45, 2.75) is 30.5 Å². The summed E-state index contributed by atoms with van der Waals surface area (Å²) in [6.07, 6.45) is -2.49. The summed E-state index contributed by atoms with van der Waals surface area (Å²) in [4.78, 5) is 51.6. The van der Waals surface area contributed by atoms with Crippen LogP contribution in [0.25, 0.3) is 0 Å². The van der Waals surface area contributed by atoms with Gasteiger partial charge in [0.15, 0.2) is 17.5 Å². The first-order valence-corrected chi connectivity index (χ1v) is 10.4. The Bertz CT molecular complexity index is 1320. The number of esters is 1. The molecule has 1 fully saturated rings. The average molecular weight is 468 g/mol. The number of alkyl halides is 1. The van der Waals surface area contributed by atoms with Gasteiger partial charge in [-0.15, -0.1) is 0 Å². The number of rotatable bonds is 6. The van der Waals surface area contributed by atoms with Crippen molar-refractivity contribution in [3.05, 3.63) is 105 Å². The molecule has 0 radical (unpaired) electrons. The van der Waals surface area contributed by atoms with E-state index < -0.39 is 53.2 Å². The molecule has 0 saturated carbocycles. The molecule has 0 aliphatic carbocycles. The number of Topliss-reactive ketones (excluding diaryl/α,β-unsaturated/α-hetero) is 1. The SMILES string of the molecule is C[C@]1(F)[C@H](n2ccc(=O)[nH]c2=O)O[C@H](COC(=O)c2ccccc2)[C@]1(O)C(=O)c1ccccc1. The molecule has 4 rings (SSSR count). The van der Waals surface area contributed by atoms with Crippen LogP contribution in [0, 0.1) is 0 Å². The lowest BCUT2D eigenvalue weighted by atomic mass is 9.77. The van der Waals surface area contributed by atoms with E-state index in [-0.39, 0.29) is 11.1 Å². The van der Waals surface area contributed by atoms with E-state index in [2.05, 4.69) is 0 Å². The lowest BCUT2D eigenvalue weighted by molar-refractivity contribution is -0.0778. The number of aliphatic hydroxyl groups is 1. The summed E-state index contributed by atoms with van der Waals surface area (Å²) < 4.78 is 27.9. The number of ketones is 1. The number of carbonyl (C=O) groups excluding carboxylic acids is 2. The third-order valence-electron chi connectivity index (χ3n) is 5.83. The molecule has 9 nitrogen and oxygen atoms in total. The summed E-state index contributed by atoms with van der Waals surface area (Å²) in [6, 6.07) is 16.4. The van der Waals surface area contributed by atoms with E-state index in [0.717, 1.165) is 23.8 Å². The molecule has 176 valence electrons. The zero-order chi connectivity index (χ0) is 24.5. The van der Waals surface area contributed by atoms with Crippen LogP contribution in [0.4, 0.5) is 4.39 Å². The largest absolute Gasteiger partial charge is 0.459 e. The minimum Gasteiger partial charge on any atom is -0.459 e. The lowest BCUT2D eigenvalue weighted by Crippen LogP contribution is -2.60. The maximum atomic E-state index is 16.3. The quantitative estimate of drug-likeness (QED) is 0.416. The summed E-state index contributed by atoms with van der Waals surface area (Å²) in [5.41, 5.74) is -7.24. The van der Waals surface area contributed by atoms with Crippen molar-refractivity contribution in [2.24, 2.45) is 0 Å². The van der Waals surface area contributed by atoms with Crippen LogP contribution in [-0.2, 0) is 9.47 Å². The summed E-state index contributed by atoms with van der Waals surface area (Å²) in [5, 5.41) is 11.5. The van der Waals surface area contributed by atoms with Gasteiger partial charge in [0, 0.05) is 17.8 Å². The zero-order valence-corrected chi connectivity index (χ0v) is 18.0. The Morgan fingerprint density at radius 1 is 1.06 bits per heavy atom. The number of benzene rings is 2. The van der Waals surface area contributed by atoms with Gasteiger partial charge in [-0.05, 0) is 19.1 Å². The smallest absolute Gasteiger partial charge is 0.338 e. The van der Waals surface area contributed by atoms with Crippen molar-refractivity contribution in [1.29, 1.82) is 0 Å². The number of H-pyrrole nitrogens is 1. The molecule has 4 atom stereocenters. The minimum absolute atomic E-state index is 0.00803. The fourth-order valence-electron chi connectivity index (χ4n) is 3.97. The van der Waals surface area contributed by atoms with Crippen LogP contribution in [0.5, 0.6) is 0 Å². The third-order valence-corrected chi connectivity index (χ3v) is 5.83. The van der Waals surface area contributed by atoms with E-state index in [1.165, 1.54) is 36.4 Å². The van der Waals surface area contributed by atoms with E-state index >= 15 is 4.39 Å². The van der Waals surface area contributed by atoms with Crippen molar-refractivity contribution >= 4 is 11.8 Å². The Hall–Kier alpha value is -3.89. The molecule has 1 aliphatic rings. The molecule has 10 heteroatoms. The van der Waals surface area contributed by atoms with Gasteiger partial charge < -0.3 is 14.6 Å². The number of carbonyl (C=O) groups is 2. The van der Waals surface area contributed by atoms with Gasteiger partial charge in [0.1, 0.15) is 12.7 Å². The van der Waals surface area contributed by atoms with Crippen molar-refractivity contribution in [3.63, 3.8) is 0 Å². The second-order valence-corrected chi connectivity index (χ2v) is 8.00. The van der Waals surface area contributed by atoms with Crippen LogP contribution in [-0.4, -0.2) is 50.4 Å². The number of nitrogens with zero attached hydrogens (tertiary/aromatic N) is 1. The second-order valence-electron chi connectivity index (χ2n) is 8.00. The molecule has 34 heavy (non-hydrogen) atoms. The number of hydrogen-bond acceptors (Lipinski definition) is 7. The monoisotopic (exact) mass is 468 g/mol. The highest BCUT2D eigenvalue weighted by Gasteiger charge is 2.70. The van der Waals surface area contributed by atoms with Crippen LogP contribution in [0.15, 0.2) is 82.5 Å². The predicted molar refractivity (Wildman–Crippen MR) is 117 cm³/mol. The van der Waals surface area contributed by atoms with E-state index in [1.54, 1.807) is 24.3 Å². The number of aromatic amines is 1. The highest BCUT2D eigenvalue weighted by Crippen LogP contribution is 2.49. The van der Waals surface area contributed by atoms with Gasteiger partial charge in [-0.2, -0.15) is 0 Å². The first-order chi connectivity index (χ1) is 16.2. The first kappa shape index (κ1) is 23.3. The van der Waals surface area contributed by atoms with Crippen LogP contribution in [0.2, 0.25) is 0 Å². The number of nitrogens with one attached hydrogen (secondary N) is 1. The summed E-state index contributed by atoms with van der Waals surface area (Å²) >= 11 is 0. The molecule has 1 aromatic heterocycles. The van der Waals surface area contributed by atoms with Crippen molar-refractivity contribution in [3.8, 4) is 0 Å². The number of halogens is 1. The van der Waals surface area contributed by atoms with Gasteiger partial charge in [-0.1, -0.05) is 48.5 Å². The molecule has 2 aromatic carbocycles. The normalized spacial score (nSPS) is 26.2. The van der Waals surface area contributed by atoms with E-state index in [9.17, 15) is 24.3 Å². The highest BCUT2D eigenvalue weighted by molar-refractivity contribution is 6.04. The molecule has 2 heterocycles. The van der Waals surface area contributed by atoms with Crippen LogP contribution < -0.4 is 11.2 Å². The van der Waals surface area contributed by atoms with Gasteiger partial charge >= 0.3 is 11.7 Å². The van der Waals surface area contributed by atoms with Gasteiger partial charge in [-0.25, -0.2) is 14.0 Å². The first-order valence-electron chi connectivity index (χ1n) is 10.4. The Morgan fingerprint density at radius 2 is 1.65 bits per heavy atom. The van der Waals surface area contributed by atoms with E-state index in [0.29, 0.717) is 0 Å². The van der Waals surface area contributed by atoms with Crippen molar-refractivity contribution in [1.82, 2.24) is 9.55 Å². The minimum atomic E-state index is -2.87. The number of ether oxygens (including phenoxy) is 2. The summed E-state index contributed by atoms with van der Waals surface area (Å²) in [5.74, 6) is -1.79. The molecule has 0 amide bonds. The van der Waals surface area contributed by atoms with Crippen molar-refractivity contribution in [2.75, 3.05) is 6.61 Å². The summed E-state index contributed by atoms with van der Waals surface area (Å²) in [7, 11) is 0. The Kier molecular flexibility index (Phi) is 6.03. The standard InChI is InChI=1S/C24H21FN2O7/c1-23(25)21(27-13-12-18(28)26-22(27)31)34-17(14-33-20(30)16-10-6-3-7-11-16)24(23,32)19(29)15-8-4-2-5-9-15/h2-13,17,21,32H,14H2,1H3,(H,26,28,31)/t17-,21-,23+,24+/m1/s1. The van der Waals surface area contributed by atoms with Crippen molar-refractivity contribution < 1.29 is 28.6 Å². The fourth-order valence-corrected chi connectivity index (χ4v) is 3.97. The highest BCUT2D eigenvalue weighted by atomic mass is 19.1. The molecule has 0 spiro atoms. The maximum Gasteiger partial charge on any atom is 0.338 e. The molecule has 3 aromatic rings. The van der Waals surface area contributed by atoms with Gasteiger partial charge in [0.2, 0.25) is 5.78 Å². The lowest BCUT2D eigenvalue weighted by Gasteiger charge is -2.35. The van der Waals surface area contributed by atoms with E-state index in [1.807, 2.05) is 4.98 Å². The molecule has 0 unspecified atom stereocenters. The maximum absolute atomic E-state index is 16.3. The Morgan fingerprint density at radius 3 is 2.24 bits per heavy atom. The predicted octanol–water partition coefficient (Wildman–Crippen LogP) is 1.63. The third kappa shape index (κ3) is 3.87. The summed E-state index contributed by atoms with van der Waals surface area (Å²) in [6.45, 7) is 0.228. The molecule has 2 N–H and O–H groups in total. The number of aromatic nitrogens is 2. The zero-order valence-electron chi connectivity index (χ0n) is 18.0. The molecule has 1 aliphatic heterocycles. The Balaban J connectivity index is 1.73. The number of hydrogen-bond donors (Lipinski definition) is 2. The van der Waals surface area contributed by atoms with E-state index in [4.69, 9.17) is 9.47 Å². The molecule has 0 bridgehead atoms. The average Bonchev–Trinajstić information content (AvgIpc) is 3.04. The molecular weight excluding hydrogens is 447 g/mol. The second kappa shape index (κ2) is 8.81. The molecule has 1 saturated heterocycles. The van der Waals surface area contributed by atoms with Gasteiger partial charge in [0.05, 0.1) is 5.56 Å². The van der Waals surface area contributed by atoms with Crippen LogP contribution in [0.3, 0.4) is 0 Å². The van der Waals surface area contributed by atoms with Crippen LogP contribution in [0.1, 0.15) is 33.9 Å². The Labute approximate surface area is 192 Å². The van der Waals surface area contributed by atoms with Gasteiger partial charge in [0.25, 0.3) is 5.56 Å². The van der Waals surface area contributed by atoms with Gasteiger partial charge in [-0.3, -0.25) is 19.1 Å². The molecular formula is C24H21FN2O7. The topological polar surface area (TPSA) is 128 Å². The van der Waals surface area contributed by atoms with Crippen LogP contribution >= 0.6 is 0 Å². The fraction of sp³-hybridized carbons (Fsp3) is 0.250.